The molecule has 1 N–H and O–H groups in total. The van der Waals surface area contributed by atoms with Crippen molar-refractivity contribution < 1.29 is 27.0 Å². The van der Waals surface area contributed by atoms with Gasteiger partial charge < -0.3 is 19.5 Å². The number of aromatic nitrogens is 2. The van der Waals surface area contributed by atoms with Gasteiger partial charge in [0.1, 0.15) is 18.6 Å². The fourth-order valence-corrected chi connectivity index (χ4v) is 5.84. The Balaban J connectivity index is 0.000000201. The molecule has 1 aromatic heterocycles. The third-order valence-corrected chi connectivity index (χ3v) is 8.89. The molecule has 6 rings (SSSR count). The molecule has 1 aliphatic heterocycles. The second kappa shape index (κ2) is 18.4. The molecule has 7 nitrogen and oxygen atoms in total. The molecule has 52 heavy (non-hydrogen) atoms. The summed E-state index contributed by atoms with van der Waals surface area (Å²) in [5.74, 6) is -0.391. The summed E-state index contributed by atoms with van der Waals surface area (Å²) in [5, 5.41) is 2.63. The summed E-state index contributed by atoms with van der Waals surface area (Å²) in [6, 6.07) is 26.0. The Kier molecular flexibility index (Phi) is 14.0. The second-order valence-electron chi connectivity index (χ2n) is 11.6. The Labute approximate surface area is 318 Å². The van der Waals surface area contributed by atoms with Crippen LogP contribution in [0, 0.1) is 5.82 Å². The molecule has 2 unspecified atom stereocenters. The Morgan fingerprint density at radius 1 is 0.808 bits per heavy atom. The molecule has 0 fully saturated rings. The zero-order valence-corrected chi connectivity index (χ0v) is 30.4. The largest absolute Gasteiger partial charge is 0.416 e. The number of ether oxygens (including phenoxy) is 2. The maximum absolute atomic E-state index is 13.2. The van der Waals surface area contributed by atoms with E-state index in [1.165, 1.54) is 30.3 Å². The molecule has 2 atom stereocenters. The maximum Gasteiger partial charge on any atom is 0.416 e. The third-order valence-electron chi connectivity index (χ3n) is 7.90. The molecule has 0 bridgehead atoms. The van der Waals surface area contributed by atoms with Crippen molar-refractivity contribution in [1.29, 1.82) is 0 Å². The number of nitrogens with one attached hydrogen (secondary N) is 1. The highest BCUT2D eigenvalue weighted by molar-refractivity contribution is 6.66. The van der Waals surface area contributed by atoms with Gasteiger partial charge in [0.05, 0.1) is 50.6 Å². The lowest BCUT2D eigenvalue weighted by Gasteiger charge is -2.24. The highest BCUT2D eigenvalue weighted by Crippen LogP contribution is 2.38. The first kappa shape index (κ1) is 39.5. The fourth-order valence-electron chi connectivity index (χ4n) is 5.21. The van der Waals surface area contributed by atoms with Gasteiger partial charge in [-0.3, -0.25) is 4.99 Å². The van der Waals surface area contributed by atoms with E-state index in [0.717, 1.165) is 17.2 Å². The first-order chi connectivity index (χ1) is 24.9. The van der Waals surface area contributed by atoms with E-state index in [9.17, 15) is 17.6 Å². The van der Waals surface area contributed by atoms with Crippen molar-refractivity contribution in [3.8, 4) is 0 Å². The molecule has 0 saturated heterocycles. The van der Waals surface area contributed by atoms with Gasteiger partial charge in [-0.25, -0.2) is 9.37 Å². The van der Waals surface area contributed by atoms with Crippen molar-refractivity contribution in [3.63, 3.8) is 0 Å². The van der Waals surface area contributed by atoms with Crippen molar-refractivity contribution in [1.82, 2.24) is 20.0 Å². The minimum absolute atomic E-state index is 0.0535. The molecule has 0 radical (unpaired) electrons. The highest BCUT2D eigenvalue weighted by Gasteiger charge is 2.33. The highest BCUT2D eigenvalue weighted by atomic mass is 35.6. The van der Waals surface area contributed by atoms with Crippen LogP contribution in [0.4, 0.5) is 17.6 Å². The predicted octanol–water partition coefficient (Wildman–Crippen LogP) is 10.2. The zero-order chi connectivity index (χ0) is 37.1. The van der Waals surface area contributed by atoms with E-state index in [2.05, 4.69) is 15.4 Å². The summed E-state index contributed by atoms with van der Waals surface area (Å²) in [4.78, 5) is 8.10. The lowest BCUT2D eigenvalue weighted by molar-refractivity contribution is -0.139. The van der Waals surface area contributed by atoms with Gasteiger partial charge in [-0.15, -0.1) is 0 Å². The van der Waals surface area contributed by atoms with E-state index < -0.39 is 27.5 Å². The molecular weight excluding hydrogens is 764 g/mol. The average molecular weight is 798 g/mol. The summed E-state index contributed by atoms with van der Waals surface area (Å²) < 4.78 is 64.9. The molecule has 0 spiro atoms. The van der Waals surface area contributed by atoms with Gasteiger partial charge in [0.2, 0.25) is 3.79 Å². The van der Waals surface area contributed by atoms with Crippen LogP contribution in [0.3, 0.4) is 0 Å². The van der Waals surface area contributed by atoms with Crippen LogP contribution < -0.4 is 5.43 Å². The van der Waals surface area contributed by atoms with Crippen LogP contribution in [0.2, 0.25) is 5.02 Å². The minimum Gasteiger partial charge on any atom is -0.367 e. The number of hydrogen-bond acceptors (Lipinski definition) is 6. The molecule has 15 heteroatoms. The van der Waals surface area contributed by atoms with Crippen LogP contribution in [0.1, 0.15) is 45.6 Å². The van der Waals surface area contributed by atoms with Crippen molar-refractivity contribution in [2.75, 3.05) is 13.2 Å². The first-order valence-electron chi connectivity index (χ1n) is 15.9. The number of benzene rings is 4. The van der Waals surface area contributed by atoms with Crippen molar-refractivity contribution in [2.24, 2.45) is 4.99 Å². The summed E-state index contributed by atoms with van der Waals surface area (Å²) in [7, 11) is 0. The van der Waals surface area contributed by atoms with Gasteiger partial charge in [0, 0.05) is 28.5 Å². The third kappa shape index (κ3) is 11.7. The SMILES string of the molecule is Clc1ccccc1C(CN1CN=CN1)OCc1ccc(C(Cl)(Cl)Cl)cc1.Fc1ccc(C(Cn2ccnc2)OCc2ccccc2C(F)(F)F)cc1. The summed E-state index contributed by atoms with van der Waals surface area (Å²) in [5.41, 5.74) is 5.60. The molecule has 0 aliphatic carbocycles. The van der Waals surface area contributed by atoms with Crippen molar-refractivity contribution in [3.05, 3.63) is 160 Å². The van der Waals surface area contributed by atoms with Crippen molar-refractivity contribution >= 4 is 52.7 Å². The van der Waals surface area contributed by atoms with Gasteiger partial charge in [-0.1, -0.05) is 119 Å². The molecule has 4 aromatic carbocycles. The molecule has 0 amide bonds. The van der Waals surface area contributed by atoms with Crippen LogP contribution in [0.15, 0.2) is 121 Å². The molecule has 274 valence electrons. The number of hydrogen-bond donors (Lipinski definition) is 1. The smallest absolute Gasteiger partial charge is 0.367 e. The van der Waals surface area contributed by atoms with Crippen LogP contribution in [-0.4, -0.2) is 34.1 Å². The lowest BCUT2D eigenvalue weighted by Crippen LogP contribution is -2.36. The second-order valence-corrected chi connectivity index (χ2v) is 14.3. The fraction of sp³-hybridized carbons (Fsp3) is 0.243. The van der Waals surface area contributed by atoms with Crippen LogP contribution in [0.5, 0.6) is 0 Å². The number of hydrazine groups is 1. The Hall–Kier alpha value is -3.68. The minimum atomic E-state index is -4.45. The number of rotatable bonds is 12. The molecule has 0 saturated carbocycles. The van der Waals surface area contributed by atoms with Gasteiger partial charge in [-0.2, -0.15) is 18.2 Å². The van der Waals surface area contributed by atoms with Gasteiger partial charge in [0.25, 0.3) is 0 Å². The Bertz CT molecular complexity index is 1870. The molecule has 1 aliphatic rings. The van der Waals surface area contributed by atoms with E-state index in [1.807, 2.05) is 41.4 Å². The predicted molar refractivity (Wildman–Crippen MR) is 195 cm³/mol. The monoisotopic (exact) mass is 795 g/mol. The van der Waals surface area contributed by atoms with E-state index in [-0.39, 0.29) is 18.3 Å². The summed E-state index contributed by atoms with van der Waals surface area (Å²) in [6.45, 7) is 1.72. The van der Waals surface area contributed by atoms with Gasteiger partial charge >= 0.3 is 6.18 Å². The normalized spacial score (nSPS) is 14.4. The van der Waals surface area contributed by atoms with Crippen LogP contribution >= 0.6 is 46.4 Å². The van der Waals surface area contributed by atoms with E-state index in [4.69, 9.17) is 55.9 Å². The maximum atomic E-state index is 13.2. The molecular formula is C37H33Cl4F4N5O2. The average Bonchev–Trinajstić information content (AvgIpc) is 3.84. The summed E-state index contributed by atoms with van der Waals surface area (Å²) >= 11 is 24.0. The lowest BCUT2D eigenvalue weighted by atomic mass is 10.1. The van der Waals surface area contributed by atoms with E-state index >= 15 is 0 Å². The number of alkyl halides is 6. The number of nitrogens with zero attached hydrogens (tertiary/aromatic N) is 4. The van der Waals surface area contributed by atoms with Crippen LogP contribution in [0.25, 0.3) is 0 Å². The number of aliphatic imine (C=N–C) groups is 1. The standard InChI is InChI=1S/C19H16F4N2O.C18H17Cl4N3O/c20-16-7-5-14(6-8-16)18(11-25-10-9-24-13-25)26-12-15-3-1-2-4-17(15)19(21,22)23;19-16-4-2-1-3-15(16)17(9-25-12-23-11-24-25)26-10-13-5-7-14(8-6-13)18(20,21)22/h1-10,13,18H,11-12H2;1-8,11,17H,9-10,12H2,(H,23,24). The van der Waals surface area contributed by atoms with Crippen LogP contribution in [-0.2, 0) is 39.2 Å². The van der Waals surface area contributed by atoms with E-state index in [1.54, 1.807) is 53.9 Å². The molecule has 5 aromatic rings. The van der Waals surface area contributed by atoms with Crippen molar-refractivity contribution in [2.45, 2.75) is 41.9 Å². The number of halogens is 8. The first-order valence-corrected chi connectivity index (χ1v) is 17.4. The van der Waals surface area contributed by atoms with Gasteiger partial charge in [0.15, 0.2) is 0 Å². The van der Waals surface area contributed by atoms with E-state index in [0.29, 0.717) is 42.5 Å². The zero-order valence-electron chi connectivity index (χ0n) is 27.4. The number of imidazole rings is 1. The quantitative estimate of drug-likeness (QED) is 0.101. The summed E-state index contributed by atoms with van der Waals surface area (Å²) in [6.07, 6.45) is 1.36. The Morgan fingerprint density at radius 3 is 2.13 bits per heavy atom. The van der Waals surface area contributed by atoms with Gasteiger partial charge in [-0.05, 0) is 41.0 Å². The Morgan fingerprint density at radius 2 is 1.50 bits per heavy atom. The molecule has 2 heterocycles. The topological polar surface area (TPSA) is 63.9 Å².